The van der Waals surface area contributed by atoms with Crippen molar-refractivity contribution in [3.05, 3.63) is 108 Å². The summed E-state index contributed by atoms with van der Waals surface area (Å²) in [6.45, 7) is 9.51. The van der Waals surface area contributed by atoms with E-state index in [1.165, 1.54) is 0 Å². The lowest BCUT2D eigenvalue weighted by Crippen LogP contribution is -2.57. The molecule has 0 saturated carbocycles. The van der Waals surface area contributed by atoms with Gasteiger partial charge in [0.1, 0.15) is 5.60 Å². The van der Waals surface area contributed by atoms with Crippen LogP contribution in [-0.2, 0) is 37.0 Å². The monoisotopic (exact) mass is 619 g/mol. The van der Waals surface area contributed by atoms with Crippen LogP contribution in [0.2, 0.25) is 0 Å². The maximum atomic E-state index is 14.2. The molecule has 0 aromatic heterocycles. The Morgan fingerprint density at radius 1 is 0.822 bits per heavy atom. The molecule has 0 aliphatic carbocycles. The molecule has 0 aliphatic heterocycles. The number of benzene rings is 3. The van der Waals surface area contributed by atoms with E-state index in [0.29, 0.717) is 12.2 Å². The molecule has 3 aromatic rings. The molecule has 1 unspecified atom stereocenters. The van der Waals surface area contributed by atoms with Gasteiger partial charge in [-0.15, -0.1) is 0 Å². The summed E-state index contributed by atoms with van der Waals surface area (Å²) in [7, 11) is 0. The first-order valence-corrected chi connectivity index (χ1v) is 15.1. The molecule has 0 aliphatic rings. The molecule has 3 rings (SSSR count). The van der Waals surface area contributed by atoms with Crippen LogP contribution in [0.25, 0.3) is 0 Å². The van der Waals surface area contributed by atoms with Gasteiger partial charge in [-0.2, -0.15) is 0 Å². The number of hydrogen-bond donors (Lipinski definition) is 2. The van der Waals surface area contributed by atoms with Crippen molar-refractivity contribution in [2.45, 2.75) is 78.2 Å². The molecule has 0 bridgehead atoms. The number of nitrogens with one attached hydrogen (secondary N) is 2. The smallest absolute Gasteiger partial charge is 0.408 e. The van der Waals surface area contributed by atoms with Crippen LogP contribution in [0, 0.1) is 0 Å². The van der Waals surface area contributed by atoms with Crippen molar-refractivity contribution < 1.29 is 33.4 Å². The first-order valence-electron chi connectivity index (χ1n) is 15.1. The first-order chi connectivity index (χ1) is 21.6. The minimum absolute atomic E-state index is 0.0728. The molecule has 3 atom stereocenters. The van der Waals surface area contributed by atoms with Gasteiger partial charge in [0.15, 0.2) is 6.29 Å². The van der Waals surface area contributed by atoms with Gasteiger partial charge < -0.3 is 24.4 Å². The molecule has 3 aromatic carbocycles. The van der Waals surface area contributed by atoms with Gasteiger partial charge in [-0.1, -0.05) is 78.9 Å². The highest BCUT2D eigenvalue weighted by Crippen LogP contribution is 2.20. The average Bonchev–Trinajstić information content (AvgIpc) is 3.01. The normalized spacial score (nSPS) is 13.3. The average molecular weight is 620 g/mol. The minimum Gasteiger partial charge on any atom is -0.444 e. The van der Waals surface area contributed by atoms with E-state index in [4.69, 9.17) is 19.0 Å². The Hall–Kier alpha value is -4.25. The number of rotatable bonds is 16. The van der Waals surface area contributed by atoms with Crippen LogP contribution >= 0.6 is 0 Å². The molecule has 0 spiro atoms. The van der Waals surface area contributed by atoms with Crippen molar-refractivity contribution in [1.29, 1.82) is 0 Å². The number of nitrogens with zero attached hydrogens (tertiary/aromatic N) is 1. The van der Waals surface area contributed by atoms with Crippen molar-refractivity contribution in [2.24, 2.45) is 0 Å². The number of carbonyl (C=O) groups is 3. The lowest BCUT2D eigenvalue weighted by molar-refractivity contribution is -0.140. The van der Waals surface area contributed by atoms with Gasteiger partial charge in [0.05, 0.1) is 31.7 Å². The van der Waals surface area contributed by atoms with Gasteiger partial charge in [0.2, 0.25) is 5.91 Å². The van der Waals surface area contributed by atoms with E-state index in [0.717, 1.165) is 11.1 Å². The van der Waals surface area contributed by atoms with Gasteiger partial charge in [-0.25, -0.2) is 10.3 Å². The quantitative estimate of drug-likeness (QED) is 0.158. The second kappa shape index (κ2) is 17.9. The van der Waals surface area contributed by atoms with Crippen molar-refractivity contribution in [3.63, 3.8) is 0 Å². The summed E-state index contributed by atoms with van der Waals surface area (Å²) >= 11 is 0. The van der Waals surface area contributed by atoms with Crippen molar-refractivity contribution >= 4 is 17.9 Å². The zero-order chi connectivity index (χ0) is 32.7. The van der Waals surface area contributed by atoms with E-state index >= 15 is 0 Å². The molecule has 0 saturated heterocycles. The van der Waals surface area contributed by atoms with Gasteiger partial charge in [-0.3, -0.25) is 14.4 Å². The summed E-state index contributed by atoms with van der Waals surface area (Å²) < 4.78 is 17.1. The molecule has 2 N–H and O–H groups in total. The molecule has 10 heteroatoms. The van der Waals surface area contributed by atoms with E-state index in [9.17, 15) is 14.4 Å². The highest BCUT2D eigenvalue weighted by atomic mass is 16.7. The van der Waals surface area contributed by atoms with Crippen LogP contribution in [-0.4, -0.2) is 60.0 Å². The fraction of sp³-hybridized carbons (Fsp3) is 0.400. The molecule has 3 amide bonds. The first kappa shape index (κ1) is 35.2. The maximum absolute atomic E-state index is 14.2. The molecule has 45 heavy (non-hydrogen) atoms. The fourth-order valence-electron chi connectivity index (χ4n) is 4.57. The Bertz CT molecular complexity index is 1320. The van der Waals surface area contributed by atoms with E-state index in [1.807, 2.05) is 73.7 Å². The number of hydrogen-bond acceptors (Lipinski definition) is 7. The Morgan fingerprint density at radius 2 is 1.40 bits per heavy atom. The number of ether oxygens (including phenoxy) is 3. The molecular weight excluding hydrogens is 574 g/mol. The Morgan fingerprint density at radius 3 is 1.98 bits per heavy atom. The van der Waals surface area contributed by atoms with Crippen molar-refractivity contribution in [2.75, 3.05) is 13.2 Å². The summed E-state index contributed by atoms with van der Waals surface area (Å²) in [5.41, 5.74) is 3.87. The van der Waals surface area contributed by atoms with Gasteiger partial charge in [-0.05, 0) is 57.9 Å². The van der Waals surface area contributed by atoms with Crippen molar-refractivity contribution in [3.8, 4) is 0 Å². The topological polar surface area (TPSA) is 115 Å². The highest BCUT2D eigenvalue weighted by molar-refractivity contribution is 5.94. The third-order valence-electron chi connectivity index (χ3n) is 6.62. The van der Waals surface area contributed by atoms with Crippen LogP contribution in [0.3, 0.4) is 0 Å². The second-order valence-corrected chi connectivity index (χ2v) is 11.5. The third kappa shape index (κ3) is 12.7. The number of hydroxylamine groups is 1. The largest absolute Gasteiger partial charge is 0.444 e. The zero-order valence-electron chi connectivity index (χ0n) is 26.7. The summed E-state index contributed by atoms with van der Waals surface area (Å²) in [4.78, 5) is 47.8. The summed E-state index contributed by atoms with van der Waals surface area (Å²) in [6, 6.07) is 25.9. The number of amides is 3. The Kier molecular flexibility index (Phi) is 14.0. The molecular formula is C35H45N3O7. The third-order valence-corrected chi connectivity index (χ3v) is 6.62. The van der Waals surface area contributed by atoms with Gasteiger partial charge >= 0.3 is 6.09 Å². The number of carbonyl (C=O) groups excluding carboxylic acids is 3. The lowest BCUT2D eigenvalue weighted by atomic mass is 10.00. The molecule has 0 heterocycles. The zero-order valence-corrected chi connectivity index (χ0v) is 26.7. The minimum atomic E-state index is -0.889. The highest BCUT2D eigenvalue weighted by Gasteiger charge is 2.36. The predicted molar refractivity (Wildman–Crippen MR) is 171 cm³/mol. The van der Waals surface area contributed by atoms with E-state index in [2.05, 4.69) is 10.8 Å². The van der Waals surface area contributed by atoms with Crippen LogP contribution in [0.4, 0.5) is 4.79 Å². The Balaban J connectivity index is 1.99. The molecule has 0 radical (unpaired) electrons. The van der Waals surface area contributed by atoms with E-state index in [1.54, 1.807) is 56.9 Å². The number of alkyl carbamates (subject to hydrolysis) is 1. The standard InChI is InChI=1S/C35H45N3O7/c1-6-42-26(2)43-25-30(36-34(41)45-35(3,4)5)31(22-32(39)37-44-24-28-18-12-8-13-19-28)38(23-27-16-10-7-11-17-27)33(40)29-20-14-9-15-21-29/h7-21,26,30-31H,6,22-25H2,1-5H3,(H,36,41)(H,37,39)/t26?,30-,31+/m1/s1. The van der Waals surface area contributed by atoms with Crippen LogP contribution in [0.1, 0.15) is 62.5 Å². The molecule has 0 fully saturated rings. The fourth-order valence-corrected chi connectivity index (χ4v) is 4.57. The lowest BCUT2D eigenvalue weighted by Gasteiger charge is -2.38. The Labute approximate surface area is 266 Å². The van der Waals surface area contributed by atoms with Gasteiger partial charge in [0, 0.05) is 18.7 Å². The van der Waals surface area contributed by atoms with Crippen LogP contribution < -0.4 is 10.8 Å². The van der Waals surface area contributed by atoms with Gasteiger partial charge in [0.25, 0.3) is 5.91 Å². The predicted octanol–water partition coefficient (Wildman–Crippen LogP) is 5.63. The van der Waals surface area contributed by atoms with Crippen LogP contribution in [0.5, 0.6) is 0 Å². The summed E-state index contributed by atoms with van der Waals surface area (Å²) in [5, 5.41) is 2.87. The second-order valence-electron chi connectivity index (χ2n) is 11.5. The summed E-state index contributed by atoms with van der Waals surface area (Å²) in [6.07, 6.45) is -1.53. The maximum Gasteiger partial charge on any atom is 0.408 e. The molecule has 10 nitrogen and oxygen atoms in total. The van der Waals surface area contributed by atoms with E-state index < -0.39 is 36.0 Å². The van der Waals surface area contributed by atoms with Crippen molar-refractivity contribution in [1.82, 2.24) is 15.7 Å². The SMILES string of the molecule is CCOC(C)OC[C@@H](NC(=O)OC(C)(C)C)[C@H](CC(=O)NOCc1ccccc1)N(Cc1ccccc1)C(=O)c1ccccc1. The summed E-state index contributed by atoms with van der Waals surface area (Å²) in [5.74, 6) is -0.806. The van der Waals surface area contributed by atoms with E-state index in [-0.39, 0.29) is 32.1 Å². The molecule has 242 valence electrons. The van der Waals surface area contributed by atoms with Crippen LogP contribution in [0.15, 0.2) is 91.0 Å².